The Bertz CT molecular complexity index is 959. The Morgan fingerprint density at radius 1 is 1.22 bits per heavy atom. The molecule has 1 atom stereocenters. The van der Waals surface area contributed by atoms with E-state index in [4.69, 9.17) is 0 Å². The number of hydrogen-bond donors (Lipinski definition) is 1. The van der Waals surface area contributed by atoms with Gasteiger partial charge in [0.05, 0.1) is 17.5 Å². The molecule has 1 amide bonds. The van der Waals surface area contributed by atoms with Gasteiger partial charge in [-0.2, -0.15) is 4.68 Å². The quantitative estimate of drug-likeness (QED) is 0.659. The van der Waals surface area contributed by atoms with E-state index in [1.165, 1.54) is 39.7 Å². The molecule has 0 aliphatic carbocycles. The van der Waals surface area contributed by atoms with Crippen molar-refractivity contribution in [2.24, 2.45) is 0 Å². The lowest BCUT2D eigenvalue weighted by Gasteiger charge is -2.15. The van der Waals surface area contributed by atoms with Crippen molar-refractivity contribution in [1.82, 2.24) is 25.5 Å². The van der Waals surface area contributed by atoms with Gasteiger partial charge in [0.25, 0.3) is 0 Å². The van der Waals surface area contributed by atoms with Crippen LogP contribution in [0.5, 0.6) is 0 Å². The van der Waals surface area contributed by atoms with Crippen molar-refractivity contribution in [3.63, 3.8) is 0 Å². The van der Waals surface area contributed by atoms with Crippen LogP contribution in [0.1, 0.15) is 29.7 Å². The summed E-state index contributed by atoms with van der Waals surface area (Å²) in [5.41, 5.74) is 3.97. The van der Waals surface area contributed by atoms with Crippen LogP contribution in [0, 0.1) is 19.7 Å². The second-order valence-electron chi connectivity index (χ2n) is 6.27. The number of nitrogens with zero attached hydrogens (tertiary/aromatic N) is 4. The highest BCUT2D eigenvalue weighted by molar-refractivity contribution is 7.99. The van der Waals surface area contributed by atoms with Crippen LogP contribution in [-0.4, -0.2) is 31.9 Å². The van der Waals surface area contributed by atoms with Gasteiger partial charge in [0.15, 0.2) is 0 Å². The monoisotopic (exact) mass is 385 g/mol. The first-order valence-electron chi connectivity index (χ1n) is 8.47. The molecule has 3 aromatic rings. The fraction of sp³-hybridized carbons (Fsp3) is 0.263. The maximum atomic E-state index is 13.4. The van der Waals surface area contributed by atoms with Crippen molar-refractivity contribution in [2.75, 3.05) is 5.75 Å². The molecule has 6 nitrogen and oxygen atoms in total. The molecule has 1 heterocycles. The normalized spacial score (nSPS) is 12.0. The molecular formula is C19H20FN5OS. The SMILES string of the molecule is Cc1ccc([C@@H](C)NC(=O)CSc2nnnn2-c2cccc(F)c2)cc1C. The fourth-order valence-corrected chi connectivity index (χ4v) is 3.27. The van der Waals surface area contributed by atoms with E-state index >= 15 is 0 Å². The van der Waals surface area contributed by atoms with E-state index < -0.39 is 0 Å². The zero-order chi connectivity index (χ0) is 19.4. The van der Waals surface area contributed by atoms with Gasteiger partial charge in [-0.25, -0.2) is 4.39 Å². The number of benzene rings is 2. The lowest BCUT2D eigenvalue weighted by Crippen LogP contribution is -2.28. The third-order valence-electron chi connectivity index (χ3n) is 4.23. The van der Waals surface area contributed by atoms with Crippen LogP contribution in [-0.2, 0) is 4.79 Å². The standard InChI is InChI=1S/C19H20FN5OS/c1-12-7-8-15(9-13(12)2)14(3)21-18(26)11-27-19-22-23-24-25(19)17-6-4-5-16(20)10-17/h4-10,14H,11H2,1-3H3,(H,21,26)/t14-/m1/s1. The molecule has 3 rings (SSSR count). The Morgan fingerprint density at radius 2 is 2.04 bits per heavy atom. The second-order valence-corrected chi connectivity index (χ2v) is 7.22. The van der Waals surface area contributed by atoms with Crippen LogP contribution in [0.3, 0.4) is 0 Å². The molecule has 0 saturated heterocycles. The third kappa shape index (κ3) is 4.71. The third-order valence-corrected chi connectivity index (χ3v) is 5.15. The minimum atomic E-state index is -0.376. The van der Waals surface area contributed by atoms with Gasteiger partial charge in [-0.05, 0) is 66.1 Å². The fourth-order valence-electron chi connectivity index (χ4n) is 2.57. The van der Waals surface area contributed by atoms with Crippen molar-refractivity contribution in [1.29, 1.82) is 0 Å². The van der Waals surface area contributed by atoms with Gasteiger partial charge in [0.2, 0.25) is 11.1 Å². The molecule has 0 radical (unpaired) electrons. The van der Waals surface area contributed by atoms with Gasteiger partial charge < -0.3 is 5.32 Å². The van der Waals surface area contributed by atoms with E-state index in [2.05, 4.69) is 46.8 Å². The number of nitrogens with one attached hydrogen (secondary N) is 1. The molecule has 0 saturated carbocycles. The van der Waals surface area contributed by atoms with Crippen LogP contribution >= 0.6 is 11.8 Å². The van der Waals surface area contributed by atoms with E-state index in [0.29, 0.717) is 10.8 Å². The van der Waals surface area contributed by atoms with E-state index in [9.17, 15) is 9.18 Å². The maximum Gasteiger partial charge on any atom is 0.230 e. The van der Waals surface area contributed by atoms with Gasteiger partial charge in [0.1, 0.15) is 5.82 Å². The van der Waals surface area contributed by atoms with E-state index in [1.54, 1.807) is 12.1 Å². The van der Waals surface area contributed by atoms with Gasteiger partial charge in [-0.1, -0.05) is 36.0 Å². The summed E-state index contributed by atoms with van der Waals surface area (Å²) in [7, 11) is 0. The lowest BCUT2D eigenvalue weighted by atomic mass is 10.0. The Hall–Kier alpha value is -2.74. The van der Waals surface area contributed by atoms with Gasteiger partial charge >= 0.3 is 0 Å². The number of aromatic nitrogens is 4. The molecule has 0 aliphatic rings. The summed E-state index contributed by atoms with van der Waals surface area (Å²) in [5.74, 6) is -0.344. The summed E-state index contributed by atoms with van der Waals surface area (Å²) in [5, 5.41) is 14.8. The Morgan fingerprint density at radius 3 is 2.78 bits per heavy atom. The number of carbonyl (C=O) groups is 1. The van der Waals surface area contributed by atoms with Crippen molar-refractivity contribution in [3.8, 4) is 5.69 Å². The molecule has 27 heavy (non-hydrogen) atoms. The molecule has 0 unspecified atom stereocenters. The maximum absolute atomic E-state index is 13.4. The summed E-state index contributed by atoms with van der Waals surface area (Å²) in [6, 6.07) is 12.0. The number of hydrogen-bond acceptors (Lipinski definition) is 5. The van der Waals surface area contributed by atoms with E-state index in [-0.39, 0.29) is 23.5 Å². The Labute approximate surface area is 161 Å². The highest BCUT2D eigenvalue weighted by Gasteiger charge is 2.14. The number of thioether (sulfide) groups is 1. The van der Waals surface area contributed by atoms with Crippen LogP contribution in [0.25, 0.3) is 5.69 Å². The van der Waals surface area contributed by atoms with Crippen molar-refractivity contribution in [2.45, 2.75) is 32.0 Å². The predicted octanol–water partition coefficient (Wildman–Crippen LogP) is 3.39. The zero-order valence-corrected chi connectivity index (χ0v) is 16.1. The number of carbonyl (C=O) groups excluding carboxylic acids is 1. The number of aryl methyl sites for hydroxylation is 2. The molecule has 0 bridgehead atoms. The van der Waals surface area contributed by atoms with Crippen LogP contribution < -0.4 is 5.32 Å². The molecule has 2 aromatic carbocycles. The first kappa shape index (κ1) is 19.0. The van der Waals surface area contributed by atoms with Crippen molar-refractivity contribution < 1.29 is 9.18 Å². The lowest BCUT2D eigenvalue weighted by molar-refractivity contribution is -0.119. The molecule has 1 N–H and O–H groups in total. The summed E-state index contributed by atoms with van der Waals surface area (Å²) in [6.45, 7) is 6.06. The summed E-state index contributed by atoms with van der Waals surface area (Å²) in [4.78, 5) is 12.3. The first-order valence-corrected chi connectivity index (χ1v) is 9.46. The minimum Gasteiger partial charge on any atom is -0.349 e. The predicted molar refractivity (Wildman–Crippen MR) is 102 cm³/mol. The van der Waals surface area contributed by atoms with Gasteiger partial charge in [0, 0.05) is 0 Å². The van der Waals surface area contributed by atoms with Crippen LogP contribution in [0.2, 0.25) is 0 Å². The zero-order valence-electron chi connectivity index (χ0n) is 15.3. The Kier molecular flexibility index (Phi) is 5.85. The largest absolute Gasteiger partial charge is 0.349 e. The van der Waals surface area contributed by atoms with Crippen molar-refractivity contribution in [3.05, 3.63) is 65.0 Å². The van der Waals surface area contributed by atoms with Crippen LogP contribution in [0.15, 0.2) is 47.6 Å². The molecule has 0 aliphatic heterocycles. The summed E-state index contributed by atoms with van der Waals surface area (Å²) >= 11 is 1.20. The molecule has 8 heteroatoms. The smallest absolute Gasteiger partial charge is 0.230 e. The highest BCUT2D eigenvalue weighted by atomic mass is 32.2. The average molecular weight is 385 g/mol. The first-order chi connectivity index (χ1) is 12.9. The molecular weight excluding hydrogens is 365 g/mol. The number of amides is 1. The van der Waals surface area contributed by atoms with Crippen molar-refractivity contribution >= 4 is 17.7 Å². The minimum absolute atomic E-state index is 0.100. The number of halogens is 1. The second kappa shape index (κ2) is 8.30. The highest BCUT2D eigenvalue weighted by Crippen LogP contribution is 2.20. The Balaban J connectivity index is 1.61. The molecule has 1 aromatic heterocycles. The summed E-state index contributed by atoms with van der Waals surface area (Å²) < 4.78 is 14.8. The van der Waals surface area contributed by atoms with Gasteiger partial charge in [-0.3, -0.25) is 4.79 Å². The number of tetrazole rings is 1. The van der Waals surface area contributed by atoms with Gasteiger partial charge in [-0.15, -0.1) is 5.10 Å². The van der Waals surface area contributed by atoms with Crippen LogP contribution in [0.4, 0.5) is 4.39 Å². The number of rotatable bonds is 6. The van der Waals surface area contributed by atoms with E-state index in [0.717, 1.165) is 5.56 Å². The topological polar surface area (TPSA) is 72.7 Å². The summed E-state index contributed by atoms with van der Waals surface area (Å²) in [6.07, 6.45) is 0. The van der Waals surface area contributed by atoms with E-state index in [1.807, 2.05) is 13.0 Å². The molecule has 0 fully saturated rings. The average Bonchev–Trinajstić information content (AvgIpc) is 3.11. The molecule has 0 spiro atoms. The molecule has 140 valence electrons.